The lowest BCUT2D eigenvalue weighted by Gasteiger charge is -2.06. The number of carbonyl (C=O) groups excluding carboxylic acids is 1. The fourth-order valence-corrected chi connectivity index (χ4v) is 2.61. The van der Waals surface area contributed by atoms with Crippen LogP contribution in [0.1, 0.15) is 30.9 Å². The number of rotatable bonds is 8. The number of benzene rings is 2. The van der Waals surface area contributed by atoms with Gasteiger partial charge in [-0.15, -0.1) is 0 Å². The highest BCUT2D eigenvalue weighted by Crippen LogP contribution is 2.25. The summed E-state index contributed by atoms with van der Waals surface area (Å²) in [5.41, 5.74) is 3.05. The molecule has 3 aromatic rings. The van der Waals surface area contributed by atoms with Crippen molar-refractivity contribution >= 4 is 22.9 Å². The Labute approximate surface area is 153 Å². The number of fused-ring (bicyclic) bond motifs is 1. The Morgan fingerprint density at radius 2 is 2.00 bits per heavy atom. The Balaban J connectivity index is 1.68. The highest BCUT2D eigenvalue weighted by Gasteiger charge is 2.05. The Morgan fingerprint density at radius 1 is 1.15 bits per heavy atom. The second kappa shape index (κ2) is 8.90. The zero-order valence-electron chi connectivity index (χ0n) is 14.9. The van der Waals surface area contributed by atoms with E-state index in [1.54, 1.807) is 6.08 Å². The molecule has 3 rings (SSSR count). The Kier molecular flexibility index (Phi) is 6.09. The number of hydrogen-bond acceptors (Lipinski definition) is 3. The van der Waals surface area contributed by atoms with Gasteiger partial charge in [0.05, 0.1) is 6.61 Å². The summed E-state index contributed by atoms with van der Waals surface area (Å²) in [7, 11) is 0. The molecule has 1 N–H and O–H groups in total. The first-order valence-corrected chi connectivity index (χ1v) is 8.89. The number of carbonyl (C=O) groups is 1. The van der Waals surface area contributed by atoms with Crippen LogP contribution in [-0.4, -0.2) is 17.6 Å². The Hall–Kier alpha value is -3.01. The molecular weight excluding hydrogens is 326 g/mol. The highest BCUT2D eigenvalue weighted by atomic mass is 16.5. The summed E-state index contributed by atoms with van der Waals surface area (Å²) in [5, 5.41) is 1.01. The number of nitrogens with one attached hydrogen (secondary N) is 1. The summed E-state index contributed by atoms with van der Waals surface area (Å²) in [5.74, 6) is 0.477. The van der Waals surface area contributed by atoms with E-state index in [2.05, 4.69) is 11.9 Å². The maximum Gasteiger partial charge on any atom is 0.330 e. The molecule has 4 nitrogen and oxygen atoms in total. The smallest absolute Gasteiger partial charge is 0.330 e. The first-order valence-electron chi connectivity index (χ1n) is 8.89. The van der Waals surface area contributed by atoms with Crippen LogP contribution < -0.4 is 4.74 Å². The third kappa shape index (κ3) is 4.76. The molecule has 4 heteroatoms. The van der Waals surface area contributed by atoms with Crippen LogP contribution in [0.25, 0.3) is 17.0 Å². The van der Waals surface area contributed by atoms with Crippen molar-refractivity contribution in [2.75, 3.05) is 6.61 Å². The van der Waals surface area contributed by atoms with Crippen LogP contribution in [0.3, 0.4) is 0 Å². The lowest BCUT2D eigenvalue weighted by Crippen LogP contribution is -2.01. The second-order valence-electron chi connectivity index (χ2n) is 6.08. The van der Waals surface area contributed by atoms with Crippen molar-refractivity contribution in [3.05, 3.63) is 71.9 Å². The zero-order chi connectivity index (χ0) is 18.2. The minimum Gasteiger partial charge on any atom is -0.489 e. The monoisotopic (exact) mass is 349 g/mol. The Morgan fingerprint density at radius 3 is 2.81 bits per heavy atom. The molecule has 0 saturated heterocycles. The van der Waals surface area contributed by atoms with Crippen LogP contribution in [0.5, 0.6) is 5.75 Å². The van der Waals surface area contributed by atoms with E-state index in [0.29, 0.717) is 13.2 Å². The number of H-pyrrole nitrogens is 1. The summed E-state index contributed by atoms with van der Waals surface area (Å²) in [4.78, 5) is 14.9. The van der Waals surface area contributed by atoms with E-state index in [1.807, 2.05) is 54.7 Å². The van der Waals surface area contributed by atoms with E-state index in [1.165, 1.54) is 6.08 Å². The number of ether oxygens (including phenoxy) is 2. The van der Waals surface area contributed by atoms with Crippen LogP contribution in [0.15, 0.2) is 60.8 Å². The van der Waals surface area contributed by atoms with Crippen molar-refractivity contribution in [1.82, 2.24) is 4.98 Å². The number of hydrogen-bond donors (Lipinski definition) is 1. The number of unbranched alkanes of at least 4 members (excludes halogenated alkanes) is 1. The van der Waals surface area contributed by atoms with Gasteiger partial charge in [-0.25, -0.2) is 4.79 Å². The maximum atomic E-state index is 11.7. The van der Waals surface area contributed by atoms with Gasteiger partial charge >= 0.3 is 5.97 Å². The van der Waals surface area contributed by atoms with E-state index >= 15 is 0 Å². The summed E-state index contributed by atoms with van der Waals surface area (Å²) >= 11 is 0. The van der Waals surface area contributed by atoms with Gasteiger partial charge in [-0.2, -0.15) is 0 Å². The lowest BCUT2D eigenvalue weighted by molar-refractivity contribution is -0.137. The van der Waals surface area contributed by atoms with E-state index in [9.17, 15) is 4.79 Å². The molecule has 1 heterocycles. The normalized spacial score (nSPS) is 11.1. The topological polar surface area (TPSA) is 51.3 Å². The van der Waals surface area contributed by atoms with Gasteiger partial charge in [0.2, 0.25) is 0 Å². The van der Waals surface area contributed by atoms with Crippen LogP contribution >= 0.6 is 0 Å². The molecule has 0 aliphatic heterocycles. The van der Waals surface area contributed by atoms with Gasteiger partial charge in [0.15, 0.2) is 0 Å². The zero-order valence-corrected chi connectivity index (χ0v) is 14.9. The fraction of sp³-hybridized carbons (Fsp3) is 0.227. The molecule has 0 aliphatic rings. The van der Waals surface area contributed by atoms with Crippen LogP contribution in [0.2, 0.25) is 0 Å². The van der Waals surface area contributed by atoms with E-state index in [-0.39, 0.29) is 5.97 Å². The molecule has 0 atom stereocenters. The highest BCUT2D eigenvalue weighted by molar-refractivity contribution is 5.94. The minimum atomic E-state index is -0.315. The second-order valence-corrected chi connectivity index (χ2v) is 6.08. The molecule has 0 aliphatic carbocycles. The van der Waals surface area contributed by atoms with Crippen LogP contribution in [0.4, 0.5) is 0 Å². The lowest BCUT2D eigenvalue weighted by atomic mass is 10.1. The first-order chi connectivity index (χ1) is 12.8. The summed E-state index contributed by atoms with van der Waals surface area (Å²) < 4.78 is 11.0. The molecule has 0 amide bonds. The largest absolute Gasteiger partial charge is 0.489 e. The van der Waals surface area contributed by atoms with Crippen LogP contribution in [0, 0.1) is 0 Å². The summed E-state index contributed by atoms with van der Waals surface area (Å²) in [6.07, 6.45) is 7.01. The van der Waals surface area contributed by atoms with Crippen LogP contribution in [-0.2, 0) is 16.1 Å². The van der Waals surface area contributed by atoms with E-state index in [0.717, 1.165) is 40.6 Å². The molecule has 2 aromatic carbocycles. The molecule has 1 aromatic heterocycles. The third-order valence-electron chi connectivity index (χ3n) is 4.07. The SMILES string of the molecule is CCCCOC(=O)/C=C/c1c[nH]c2ccc(OCc3ccccc3)cc12. The molecule has 0 bridgehead atoms. The van der Waals surface area contributed by atoms with Gasteiger partial charge in [0.25, 0.3) is 0 Å². The first kappa shape index (κ1) is 17.8. The van der Waals surface area contributed by atoms with Gasteiger partial charge in [-0.05, 0) is 36.3 Å². The van der Waals surface area contributed by atoms with Crippen molar-refractivity contribution in [1.29, 1.82) is 0 Å². The number of esters is 1. The average Bonchev–Trinajstić information content (AvgIpc) is 3.08. The molecule has 134 valence electrons. The molecule has 26 heavy (non-hydrogen) atoms. The van der Waals surface area contributed by atoms with E-state index in [4.69, 9.17) is 9.47 Å². The fourth-order valence-electron chi connectivity index (χ4n) is 2.61. The minimum absolute atomic E-state index is 0.315. The predicted octanol–water partition coefficient (Wildman–Crippen LogP) is 5.10. The maximum absolute atomic E-state index is 11.7. The van der Waals surface area contributed by atoms with E-state index < -0.39 is 0 Å². The van der Waals surface area contributed by atoms with Crippen molar-refractivity contribution in [2.24, 2.45) is 0 Å². The third-order valence-corrected chi connectivity index (χ3v) is 4.07. The van der Waals surface area contributed by atoms with Gasteiger partial charge in [0, 0.05) is 28.7 Å². The summed E-state index contributed by atoms with van der Waals surface area (Å²) in [6, 6.07) is 16.0. The molecule has 0 unspecified atom stereocenters. The molecule has 0 radical (unpaired) electrons. The molecule has 0 spiro atoms. The van der Waals surface area contributed by atoms with Crippen molar-refractivity contribution in [2.45, 2.75) is 26.4 Å². The molecule has 0 saturated carbocycles. The van der Waals surface area contributed by atoms with Gasteiger partial charge in [-0.1, -0.05) is 43.7 Å². The van der Waals surface area contributed by atoms with Gasteiger partial charge < -0.3 is 14.5 Å². The van der Waals surface area contributed by atoms with Crippen molar-refractivity contribution < 1.29 is 14.3 Å². The van der Waals surface area contributed by atoms with Crippen molar-refractivity contribution in [3.63, 3.8) is 0 Å². The number of aromatic amines is 1. The quantitative estimate of drug-likeness (QED) is 0.349. The molecular formula is C22H23NO3. The predicted molar refractivity (Wildman–Crippen MR) is 104 cm³/mol. The van der Waals surface area contributed by atoms with Gasteiger partial charge in [0.1, 0.15) is 12.4 Å². The van der Waals surface area contributed by atoms with Crippen molar-refractivity contribution in [3.8, 4) is 5.75 Å². The molecule has 0 fully saturated rings. The number of aromatic nitrogens is 1. The van der Waals surface area contributed by atoms with Gasteiger partial charge in [-0.3, -0.25) is 0 Å². The Bertz CT molecular complexity index is 881. The summed E-state index contributed by atoms with van der Waals surface area (Å²) in [6.45, 7) is 3.05. The standard InChI is InChI=1S/C22H23NO3/c1-2-3-13-25-22(24)12-9-18-15-23-21-11-10-19(14-20(18)21)26-16-17-7-5-4-6-8-17/h4-12,14-15,23H,2-3,13,16H2,1H3/b12-9+. The average molecular weight is 349 g/mol.